The fourth-order valence-corrected chi connectivity index (χ4v) is 2.74. The number of carbonyl (C=O) groups excluding carboxylic acids is 2. The number of aromatic amines is 1. The molecule has 0 radical (unpaired) electrons. The number of halogens is 1. The molecule has 0 atom stereocenters. The van der Waals surface area contributed by atoms with Gasteiger partial charge in [0, 0.05) is 30.9 Å². The first-order chi connectivity index (χ1) is 11.1. The van der Waals surface area contributed by atoms with Gasteiger partial charge >= 0.3 is 0 Å². The van der Waals surface area contributed by atoms with Crippen molar-refractivity contribution in [2.24, 2.45) is 0 Å². The number of nitrogens with zero attached hydrogens (tertiary/aromatic N) is 1. The molecular weight excluding hydrogens is 297 g/mol. The van der Waals surface area contributed by atoms with Crippen molar-refractivity contribution < 1.29 is 14.0 Å². The van der Waals surface area contributed by atoms with Crippen LogP contribution in [0.25, 0.3) is 0 Å². The van der Waals surface area contributed by atoms with Crippen LogP contribution in [-0.2, 0) is 0 Å². The van der Waals surface area contributed by atoms with Crippen LogP contribution in [0.4, 0.5) is 4.39 Å². The Labute approximate surface area is 133 Å². The maximum absolute atomic E-state index is 12.9. The van der Waals surface area contributed by atoms with Crippen molar-refractivity contribution in [3.8, 4) is 0 Å². The van der Waals surface area contributed by atoms with E-state index < -0.39 is 0 Å². The number of carbonyl (C=O) groups is 2. The van der Waals surface area contributed by atoms with Crippen LogP contribution in [0.5, 0.6) is 0 Å². The molecular formula is C17H18FN3O2. The van der Waals surface area contributed by atoms with Crippen molar-refractivity contribution in [3.05, 3.63) is 59.7 Å². The van der Waals surface area contributed by atoms with Crippen LogP contribution in [-0.4, -0.2) is 40.8 Å². The van der Waals surface area contributed by atoms with Gasteiger partial charge in [0.15, 0.2) is 0 Å². The smallest absolute Gasteiger partial charge is 0.267 e. The van der Waals surface area contributed by atoms with E-state index in [1.54, 1.807) is 23.2 Å². The van der Waals surface area contributed by atoms with E-state index in [2.05, 4.69) is 10.3 Å². The van der Waals surface area contributed by atoms with Crippen molar-refractivity contribution in [3.63, 3.8) is 0 Å². The van der Waals surface area contributed by atoms with E-state index in [9.17, 15) is 14.0 Å². The van der Waals surface area contributed by atoms with Gasteiger partial charge in [-0.3, -0.25) is 9.59 Å². The highest BCUT2D eigenvalue weighted by Gasteiger charge is 2.25. The molecule has 120 valence electrons. The van der Waals surface area contributed by atoms with E-state index in [-0.39, 0.29) is 23.7 Å². The molecule has 2 aromatic rings. The van der Waals surface area contributed by atoms with Crippen LogP contribution in [0.1, 0.15) is 33.7 Å². The molecule has 1 aromatic carbocycles. The summed E-state index contributed by atoms with van der Waals surface area (Å²) in [7, 11) is 0. The minimum Gasteiger partial charge on any atom is -0.357 e. The van der Waals surface area contributed by atoms with Gasteiger partial charge in [-0.2, -0.15) is 0 Å². The zero-order valence-electron chi connectivity index (χ0n) is 12.6. The standard InChI is InChI=1S/C17H18FN3O2/c18-13-5-3-12(4-6-13)17(23)21-10-7-14(8-11-21)20-16(22)15-2-1-9-19-15/h1-6,9,14,19H,7-8,10-11H2,(H,20,22). The number of H-pyrrole nitrogens is 1. The molecule has 1 fully saturated rings. The van der Waals surface area contributed by atoms with E-state index in [1.807, 2.05) is 0 Å². The number of nitrogens with one attached hydrogen (secondary N) is 2. The van der Waals surface area contributed by atoms with E-state index in [0.29, 0.717) is 37.2 Å². The van der Waals surface area contributed by atoms with Crippen LogP contribution in [0.15, 0.2) is 42.6 Å². The van der Waals surface area contributed by atoms with Gasteiger partial charge in [-0.05, 0) is 49.2 Å². The summed E-state index contributed by atoms with van der Waals surface area (Å²) in [5.41, 5.74) is 1.02. The Bertz CT molecular complexity index is 674. The van der Waals surface area contributed by atoms with Gasteiger partial charge in [0.05, 0.1) is 0 Å². The Hall–Kier alpha value is -2.63. The van der Waals surface area contributed by atoms with Crippen LogP contribution < -0.4 is 5.32 Å². The van der Waals surface area contributed by atoms with E-state index in [4.69, 9.17) is 0 Å². The predicted octanol–water partition coefficient (Wildman–Crippen LogP) is 2.19. The highest BCUT2D eigenvalue weighted by Crippen LogP contribution is 2.15. The summed E-state index contributed by atoms with van der Waals surface area (Å²) in [5.74, 6) is -0.579. The maximum Gasteiger partial charge on any atom is 0.267 e. The molecule has 2 N–H and O–H groups in total. The summed E-state index contributed by atoms with van der Waals surface area (Å²) in [4.78, 5) is 28.9. The van der Waals surface area contributed by atoms with Crippen molar-refractivity contribution in [2.75, 3.05) is 13.1 Å². The Kier molecular flexibility index (Phi) is 4.41. The number of amides is 2. The van der Waals surface area contributed by atoms with E-state index in [1.165, 1.54) is 24.3 Å². The summed E-state index contributed by atoms with van der Waals surface area (Å²) >= 11 is 0. The second-order valence-electron chi connectivity index (χ2n) is 5.63. The zero-order valence-corrected chi connectivity index (χ0v) is 12.6. The lowest BCUT2D eigenvalue weighted by molar-refractivity contribution is 0.0697. The van der Waals surface area contributed by atoms with Gasteiger partial charge in [0.25, 0.3) is 11.8 Å². The first-order valence-electron chi connectivity index (χ1n) is 7.62. The fraction of sp³-hybridized carbons (Fsp3) is 0.294. The summed E-state index contributed by atoms with van der Waals surface area (Å²) in [6.07, 6.45) is 3.12. The molecule has 6 heteroatoms. The molecule has 23 heavy (non-hydrogen) atoms. The molecule has 0 saturated carbocycles. The molecule has 5 nitrogen and oxygen atoms in total. The largest absolute Gasteiger partial charge is 0.357 e. The summed E-state index contributed by atoms with van der Waals surface area (Å²) in [6, 6.07) is 9.13. The Morgan fingerprint density at radius 2 is 1.83 bits per heavy atom. The molecule has 2 amide bonds. The average molecular weight is 315 g/mol. The third-order valence-corrected chi connectivity index (χ3v) is 4.05. The van der Waals surface area contributed by atoms with Gasteiger partial charge in [-0.15, -0.1) is 0 Å². The number of hydrogen-bond acceptors (Lipinski definition) is 2. The third-order valence-electron chi connectivity index (χ3n) is 4.05. The van der Waals surface area contributed by atoms with Crippen molar-refractivity contribution in [1.82, 2.24) is 15.2 Å². The van der Waals surface area contributed by atoms with Crippen molar-refractivity contribution in [1.29, 1.82) is 0 Å². The highest BCUT2D eigenvalue weighted by atomic mass is 19.1. The Morgan fingerprint density at radius 3 is 2.43 bits per heavy atom. The van der Waals surface area contributed by atoms with Gasteiger partial charge in [0.2, 0.25) is 0 Å². The van der Waals surface area contributed by atoms with E-state index in [0.717, 1.165) is 0 Å². The molecule has 3 rings (SSSR count). The minimum atomic E-state index is -0.354. The maximum atomic E-state index is 12.9. The number of piperidine rings is 1. The van der Waals surface area contributed by atoms with Crippen LogP contribution >= 0.6 is 0 Å². The number of hydrogen-bond donors (Lipinski definition) is 2. The minimum absolute atomic E-state index is 0.0584. The predicted molar refractivity (Wildman–Crippen MR) is 83.6 cm³/mol. The molecule has 0 unspecified atom stereocenters. The molecule has 0 bridgehead atoms. The highest BCUT2D eigenvalue weighted by molar-refractivity contribution is 5.94. The zero-order chi connectivity index (χ0) is 16.2. The lowest BCUT2D eigenvalue weighted by Crippen LogP contribution is -2.46. The van der Waals surface area contributed by atoms with Crippen molar-refractivity contribution in [2.45, 2.75) is 18.9 Å². The molecule has 2 heterocycles. The van der Waals surface area contributed by atoms with Crippen LogP contribution in [0.2, 0.25) is 0 Å². The molecule has 1 aliphatic rings. The lowest BCUT2D eigenvalue weighted by atomic mass is 10.0. The van der Waals surface area contributed by atoms with Gasteiger partial charge < -0.3 is 15.2 Å². The van der Waals surface area contributed by atoms with Crippen LogP contribution in [0.3, 0.4) is 0 Å². The molecule has 1 saturated heterocycles. The lowest BCUT2D eigenvalue weighted by Gasteiger charge is -2.32. The number of aromatic nitrogens is 1. The summed E-state index contributed by atoms with van der Waals surface area (Å²) in [6.45, 7) is 1.15. The first-order valence-corrected chi connectivity index (χ1v) is 7.62. The average Bonchev–Trinajstić information content (AvgIpc) is 3.10. The molecule has 0 spiro atoms. The summed E-state index contributed by atoms with van der Waals surface area (Å²) in [5, 5.41) is 2.97. The SMILES string of the molecule is O=C(NC1CCN(C(=O)c2ccc(F)cc2)CC1)c1ccc[nH]1. The van der Waals surface area contributed by atoms with Gasteiger partial charge in [0.1, 0.15) is 11.5 Å². The number of benzene rings is 1. The summed E-state index contributed by atoms with van der Waals surface area (Å²) < 4.78 is 12.9. The van der Waals surface area contributed by atoms with Gasteiger partial charge in [-0.1, -0.05) is 0 Å². The number of rotatable bonds is 3. The fourth-order valence-electron chi connectivity index (χ4n) is 2.74. The first kappa shape index (κ1) is 15.3. The molecule has 0 aliphatic carbocycles. The molecule has 1 aromatic heterocycles. The second kappa shape index (κ2) is 6.64. The normalized spacial score (nSPS) is 15.4. The Morgan fingerprint density at radius 1 is 1.13 bits per heavy atom. The molecule has 1 aliphatic heterocycles. The van der Waals surface area contributed by atoms with Crippen molar-refractivity contribution >= 4 is 11.8 Å². The third kappa shape index (κ3) is 3.59. The van der Waals surface area contributed by atoms with E-state index >= 15 is 0 Å². The quantitative estimate of drug-likeness (QED) is 0.912. The van der Waals surface area contributed by atoms with Crippen LogP contribution in [0, 0.1) is 5.82 Å². The monoisotopic (exact) mass is 315 g/mol. The Balaban J connectivity index is 1.53. The number of likely N-dealkylation sites (tertiary alicyclic amines) is 1. The topological polar surface area (TPSA) is 65.2 Å². The second-order valence-corrected chi connectivity index (χ2v) is 5.63. The van der Waals surface area contributed by atoms with Gasteiger partial charge in [-0.25, -0.2) is 4.39 Å².